The first-order valence-electron chi connectivity index (χ1n) is 5.77. The minimum absolute atomic E-state index is 0.336. The Labute approximate surface area is 114 Å². The summed E-state index contributed by atoms with van der Waals surface area (Å²) in [6.45, 7) is 0.336. The molecule has 0 bridgehead atoms. The average molecular weight is 275 g/mol. The number of nitrogens with two attached hydrogens (primary N) is 1. The Bertz CT molecular complexity index is 805. The van der Waals surface area contributed by atoms with Crippen LogP contribution in [0.3, 0.4) is 0 Å². The SMILES string of the molecule is Nc1ccc(Cl)cc1Cn1c(=O)oc2ccccc21. The fourth-order valence-corrected chi connectivity index (χ4v) is 2.24. The molecule has 2 aromatic carbocycles. The zero-order valence-electron chi connectivity index (χ0n) is 9.97. The molecule has 19 heavy (non-hydrogen) atoms. The first kappa shape index (κ1) is 11.9. The van der Waals surface area contributed by atoms with Gasteiger partial charge in [0.15, 0.2) is 5.58 Å². The molecule has 2 N–H and O–H groups in total. The van der Waals surface area contributed by atoms with Crippen LogP contribution in [0.25, 0.3) is 11.1 Å². The Hall–Kier alpha value is -2.20. The molecule has 1 aromatic heterocycles. The summed E-state index contributed by atoms with van der Waals surface area (Å²) in [4.78, 5) is 11.9. The van der Waals surface area contributed by atoms with Crippen LogP contribution in [0.15, 0.2) is 51.7 Å². The summed E-state index contributed by atoms with van der Waals surface area (Å²) in [6.07, 6.45) is 0. The summed E-state index contributed by atoms with van der Waals surface area (Å²) in [7, 11) is 0. The number of benzene rings is 2. The molecule has 0 saturated heterocycles. The van der Waals surface area contributed by atoms with Gasteiger partial charge in [-0.05, 0) is 35.9 Å². The lowest BCUT2D eigenvalue weighted by atomic mass is 10.2. The number of halogens is 1. The van der Waals surface area contributed by atoms with E-state index in [4.69, 9.17) is 21.8 Å². The smallest absolute Gasteiger partial charge is 0.408 e. The Morgan fingerprint density at radius 1 is 1.21 bits per heavy atom. The molecule has 3 aromatic rings. The van der Waals surface area contributed by atoms with Gasteiger partial charge in [-0.2, -0.15) is 0 Å². The van der Waals surface area contributed by atoms with Crippen LogP contribution in [0.1, 0.15) is 5.56 Å². The zero-order valence-corrected chi connectivity index (χ0v) is 10.7. The molecule has 1 heterocycles. The van der Waals surface area contributed by atoms with E-state index in [0.717, 1.165) is 11.1 Å². The first-order chi connectivity index (χ1) is 9.15. The molecule has 4 nitrogen and oxygen atoms in total. The molecule has 0 aliphatic carbocycles. The topological polar surface area (TPSA) is 61.2 Å². The molecule has 5 heteroatoms. The van der Waals surface area contributed by atoms with Crippen molar-refractivity contribution in [3.8, 4) is 0 Å². The van der Waals surface area contributed by atoms with Crippen LogP contribution in [0, 0.1) is 0 Å². The Morgan fingerprint density at radius 3 is 2.84 bits per heavy atom. The van der Waals surface area contributed by atoms with Crippen molar-refractivity contribution in [1.82, 2.24) is 4.57 Å². The van der Waals surface area contributed by atoms with Gasteiger partial charge in [0, 0.05) is 10.7 Å². The van der Waals surface area contributed by atoms with Gasteiger partial charge in [-0.3, -0.25) is 4.57 Å². The average Bonchev–Trinajstić information content (AvgIpc) is 2.71. The lowest BCUT2D eigenvalue weighted by molar-refractivity contribution is 0.518. The lowest BCUT2D eigenvalue weighted by Gasteiger charge is -2.06. The van der Waals surface area contributed by atoms with E-state index in [1.54, 1.807) is 24.3 Å². The molecule has 96 valence electrons. The number of hydrogen-bond donors (Lipinski definition) is 1. The highest BCUT2D eigenvalue weighted by atomic mass is 35.5. The van der Waals surface area contributed by atoms with E-state index in [1.165, 1.54) is 4.57 Å². The summed E-state index contributed by atoms with van der Waals surface area (Å²) in [5.74, 6) is -0.402. The van der Waals surface area contributed by atoms with Gasteiger partial charge in [-0.25, -0.2) is 4.79 Å². The normalized spacial score (nSPS) is 11.0. The molecule has 0 saturated carbocycles. The highest BCUT2D eigenvalue weighted by molar-refractivity contribution is 6.30. The van der Waals surface area contributed by atoms with Crippen LogP contribution < -0.4 is 11.5 Å². The summed E-state index contributed by atoms with van der Waals surface area (Å²) in [5.41, 5.74) is 8.59. The molecular weight excluding hydrogens is 264 g/mol. The number of anilines is 1. The van der Waals surface area contributed by atoms with Gasteiger partial charge in [0.05, 0.1) is 12.1 Å². The molecule has 0 atom stereocenters. The van der Waals surface area contributed by atoms with Crippen molar-refractivity contribution < 1.29 is 4.42 Å². The van der Waals surface area contributed by atoms with Crippen LogP contribution in [0.4, 0.5) is 5.69 Å². The van der Waals surface area contributed by atoms with E-state index < -0.39 is 5.76 Å². The molecule has 0 aliphatic heterocycles. The highest BCUT2D eigenvalue weighted by Crippen LogP contribution is 2.20. The summed E-state index contributed by atoms with van der Waals surface area (Å²) in [6, 6.07) is 12.5. The van der Waals surface area contributed by atoms with Gasteiger partial charge in [0.1, 0.15) is 0 Å². The van der Waals surface area contributed by atoms with Gasteiger partial charge in [-0.1, -0.05) is 23.7 Å². The fraction of sp³-hybridized carbons (Fsp3) is 0.0714. The zero-order chi connectivity index (χ0) is 13.4. The summed E-state index contributed by atoms with van der Waals surface area (Å²) >= 11 is 5.95. The number of nitrogens with zero attached hydrogens (tertiary/aromatic N) is 1. The Morgan fingerprint density at radius 2 is 2.00 bits per heavy atom. The third-order valence-corrected chi connectivity index (χ3v) is 3.24. The van der Waals surface area contributed by atoms with Gasteiger partial charge >= 0.3 is 5.76 Å². The second-order valence-electron chi connectivity index (χ2n) is 4.26. The van der Waals surface area contributed by atoms with E-state index in [1.807, 2.05) is 18.2 Å². The number of nitrogen functional groups attached to an aromatic ring is 1. The van der Waals surface area contributed by atoms with Gasteiger partial charge < -0.3 is 10.2 Å². The van der Waals surface area contributed by atoms with Crippen LogP contribution in [-0.2, 0) is 6.54 Å². The van der Waals surface area contributed by atoms with E-state index in [2.05, 4.69) is 0 Å². The van der Waals surface area contributed by atoms with Crippen molar-refractivity contribution in [2.75, 3.05) is 5.73 Å². The Balaban J connectivity index is 2.13. The third-order valence-electron chi connectivity index (χ3n) is 3.01. The number of hydrogen-bond acceptors (Lipinski definition) is 3. The predicted octanol–water partition coefficient (Wildman–Crippen LogP) is 2.88. The minimum Gasteiger partial charge on any atom is -0.408 e. The molecule has 0 unspecified atom stereocenters. The van der Waals surface area contributed by atoms with E-state index in [-0.39, 0.29) is 0 Å². The maximum absolute atomic E-state index is 11.9. The second-order valence-corrected chi connectivity index (χ2v) is 4.70. The second kappa shape index (κ2) is 4.48. The lowest BCUT2D eigenvalue weighted by Crippen LogP contribution is -2.15. The highest BCUT2D eigenvalue weighted by Gasteiger charge is 2.10. The molecule has 0 amide bonds. The predicted molar refractivity (Wildman–Crippen MR) is 75.4 cm³/mol. The van der Waals surface area contributed by atoms with Crippen molar-refractivity contribution in [2.45, 2.75) is 6.54 Å². The van der Waals surface area contributed by atoms with Gasteiger partial charge in [0.25, 0.3) is 0 Å². The number of rotatable bonds is 2. The molecule has 3 rings (SSSR count). The summed E-state index contributed by atoms with van der Waals surface area (Å²) in [5, 5.41) is 0.588. The maximum atomic E-state index is 11.9. The van der Waals surface area contributed by atoms with Crippen molar-refractivity contribution in [2.24, 2.45) is 0 Å². The number of aromatic nitrogens is 1. The largest absolute Gasteiger partial charge is 0.420 e. The van der Waals surface area contributed by atoms with Crippen LogP contribution in [-0.4, -0.2) is 4.57 Å². The number of para-hydroxylation sites is 2. The van der Waals surface area contributed by atoms with Crippen LogP contribution in [0.5, 0.6) is 0 Å². The number of oxazole rings is 1. The van der Waals surface area contributed by atoms with Crippen molar-refractivity contribution in [1.29, 1.82) is 0 Å². The van der Waals surface area contributed by atoms with Gasteiger partial charge in [0.2, 0.25) is 0 Å². The quantitative estimate of drug-likeness (QED) is 0.731. The molecule has 0 radical (unpaired) electrons. The first-order valence-corrected chi connectivity index (χ1v) is 6.15. The van der Waals surface area contributed by atoms with Crippen molar-refractivity contribution >= 4 is 28.4 Å². The van der Waals surface area contributed by atoms with E-state index in [0.29, 0.717) is 22.8 Å². The maximum Gasteiger partial charge on any atom is 0.420 e. The van der Waals surface area contributed by atoms with Gasteiger partial charge in [-0.15, -0.1) is 0 Å². The monoisotopic (exact) mass is 274 g/mol. The van der Waals surface area contributed by atoms with Crippen molar-refractivity contribution in [3.05, 3.63) is 63.6 Å². The molecule has 0 aliphatic rings. The van der Waals surface area contributed by atoms with E-state index in [9.17, 15) is 4.79 Å². The third kappa shape index (κ3) is 2.11. The van der Waals surface area contributed by atoms with E-state index >= 15 is 0 Å². The Kier molecular flexibility index (Phi) is 2.80. The molecule has 0 spiro atoms. The molecule has 0 fully saturated rings. The standard InChI is InChI=1S/C14H11ClN2O2/c15-10-5-6-11(16)9(7-10)8-17-12-3-1-2-4-13(12)19-14(17)18/h1-7H,8,16H2. The van der Waals surface area contributed by atoms with Crippen LogP contribution >= 0.6 is 11.6 Å². The summed E-state index contributed by atoms with van der Waals surface area (Å²) < 4.78 is 6.71. The fourth-order valence-electron chi connectivity index (χ4n) is 2.05. The number of fused-ring (bicyclic) bond motifs is 1. The van der Waals surface area contributed by atoms with Crippen molar-refractivity contribution in [3.63, 3.8) is 0 Å². The molecular formula is C14H11ClN2O2. The minimum atomic E-state index is -0.402. The van der Waals surface area contributed by atoms with Crippen LogP contribution in [0.2, 0.25) is 5.02 Å².